The quantitative estimate of drug-likeness (QED) is 0.127. The van der Waals surface area contributed by atoms with Gasteiger partial charge in [0.05, 0.1) is 5.25 Å². The Labute approximate surface area is 331 Å². The van der Waals surface area contributed by atoms with E-state index in [1.165, 1.54) is 40.3 Å². The van der Waals surface area contributed by atoms with E-state index in [1.807, 2.05) is 39.8 Å². The van der Waals surface area contributed by atoms with E-state index in [2.05, 4.69) is 150 Å². The molecule has 0 amide bonds. The smallest absolute Gasteiger partial charge is 0.214 e. The average Bonchev–Trinajstić information content (AvgIpc) is 3.91. The molecule has 0 heterocycles. The molecule has 0 aliphatic heterocycles. The van der Waals surface area contributed by atoms with E-state index in [1.54, 1.807) is 0 Å². The molecule has 4 aromatic rings. The Morgan fingerprint density at radius 1 is 0.722 bits per heavy atom. The topological polar surface area (TPSA) is 67.8 Å². The number of nitrogens with zero attached hydrogens (tertiary/aromatic N) is 1. The van der Waals surface area contributed by atoms with Crippen molar-refractivity contribution in [3.63, 3.8) is 0 Å². The van der Waals surface area contributed by atoms with Gasteiger partial charge in [-0.15, -0.1) is 13.2 Å². The van der Waals surface area contributed by atoms with Crippen molar-refractivity contribution in [2.24, 2.45) is 22.4 Å². The fourth-order valence-corrected chi connectivity index (χ4v) is 6.61. The van der Waals surface area contributed by atoms with E-state index in [0.29, 0.717) is 5.41 Å². The summed E-state index contributed by atoms with van der Waals surface area (Å²) in [7, 11) is -2.94. The summed E-state index contributed by atoms with van der Waals surface area (Å²) in [5.74, 6) is 1.58. The molecule has 0 aromatic heterocycles. The van der Waals surface area contributed by atoms with E-state index >= 15 is 0 Å². The van der Waals surface area contributed by atoms with Gasteiger partial charge in [-0.1, -0.05) is 159 Å². The van der Waals surface area contributed by atoms with E-state index in [-0.39, 0.29) is 32.2 Å². The predicted octanol–water partition coefficient (Wildman–Crippen LogP) is 13.5. The van der Waals surface area contributed by atoms with Crippen molar-refractivity contribution in [2.75, 3.05) is 0 Å². The van der Waals surface area contributed by atoms with Crippen molar-refractivity contribution >= 4 is 26.5 Å². The monoisotopic (exact) mass is 759 g/mol. The Balaban J connectivity index is 0.000000710. The van der Waals surface area contributed by atoms with E-state index in [9.17, 15) is 8.42 Å². The number of benzene rings is 4. The second-order valence-corrected chi connectivity index (χ2v) is 17.8. The lowest BCUT2D eigenvalue weighted by molar-refractivity contribution is 0.0863. The van der Waals surface area contributed by atoms with Crippen LogP contribution in [0.3, 0.4) is 0 Å². The molecule has 1 saturated carbocycles. The SMILES string of the molecule is C.C.C=C.CC(C)C(C)(C)C.CC(C)CCc1cccc2ccccc12.CC(C)NS(=O)(=O)C1CC1.CC(C)ON=C1c2ccccc2-c2ccccc21. The van der Waals surface area contributed by atoms with E-state index in [0.717, 1.165) is 41.5 Å². The molecule has 1 fully saturated rings. The molecule has 0 atom stereocenters. The maximum atomic E-state index is 11.1. The Morgan fingerprint density at radius 2 is 1.17 bits per heavy atom. The molecule has 4 aromatic carbocycles. The molecule has 0 radical (unpaired) electrons. The van der Waals surface area contributed by atoms with Crippen LogP contribution in [0, 0.1) is 17.3 Å². The predicted molar refractivity (Wildman–Crippen MR) is 240 cm³/mol. The normalized spacial score (nSPS) is 12.6. The number of rotatable bonds is 8. The van der Waals surface area contributed by atoms with Crippen molar-refractivity contribution in [3.8, 4) is 11.1 Å². The van der Waals surface area contributed by atoms with E-state index < -0.39 is 10.0 Å². The minimum absolute atomic E-state index is 0. The number of sulfonamides is 1. The van der Waals surface area contributed by atoms with Crippen molar-refractivity contribution in [1.29, 1.82) is 0 Å². The zero-order chi connectivity index (χ0) is 39.1. The molecule has 0 saturated heterocycles. The molecule has 0 unspecified atom stereocenters. The molecule has 2 aliphatic rings. The van der Waals surface area contributed by atoms with Crippen LogP contribution < -0.4 is 4.72 Å². The second-order valence-electron chi connectivity index (χ2n) is 15.8. The molecular formula is C48H74N2O3S. The number of hydrogen-bond donors (Lipinski definition) is 1. The molecule has 54 heavy (non-hydrogen) atoms. The summed E-state index contributed by atoms with van der Waals surface area (Å²) in [6, 6.07) is 31.9. The fraction of sp³-hybridized carbons (Fsp3) is 0.479. The molecule has 2 aliphatic carbocycles. The first-order valence-electron chi connectivity index (χ1n) is 18.9. The summed E-state index contributed by atoms with van der Waals surface area (Å²) in [6.45, 7) is 29.5. The maximum absolute atomic E-state index is 11.1. The van der Waals surface area contributed by atoms with Crippen LogP contribution in [0.5, 0.6) is 0 Å². The molecule has 0 spiro atoms. The minimum Gasteiger partial charge on any atom is -0.393 e. The van der Waals surface area contributed by atoms with Gasteiger partial charge in [0, 0.05) is 17.2 Å². The van der Waals surface area contributed by atoms with Gasteiger partial charge >= 0.3 is 0 Å². The second kappa shape index (κ2) is 23.9. The zero-order valence-corrected chi connectivity index (χ0v) is 34.7. The maximum Gasteiger partial charge on any atom is 0.214 e. The van der Waals surface area contributed by atoms with E-state index in [4.69, 9.17) is 4.84 Å². The van der Waals surface area contributed by atoms with Gasteiger partial charge in [0.1, 0.15) is 11.8 Å². The van der Waals surface area contributed by atoms with Gasteiger partial charge in [0.15, 0.2) is 0 Å². The van der Waals surface area contributed by atoms with Gasteiger partial charge in [-0.05, 0) is 98.1 Å². The lowest BCUT2D eigenvalue weighted by Crippen LogP contribution is -2.32. The average molecular weight is 759 g/mol. The zero-order valence-electron chi connectivity index (χ0n) is 33.9. The standard InChI is InChI=1S/C16H15NO.C15H18.C7H16.C6H13NO2S.C2H4.2CH4/c1-11(2)18-17-16-14-9-5-3-7-12(14)13-8-4-6-10-15(13)16;1-12(2)10-11-14-8-5-7-13-6-3-4-9-15(13)14;1-6(2)7(3,4)5;1-5(2)7-10(8,9)6-3-4-6;1-2;;/h3-11H,1-2H3;3-9,12H,10-11H2,1-2H3;6H,1-5H3;5-7H,3-4H2,1-2H3;1-2H2;2*1H4. The van der Waals surface area contributed by atoms with Gasteiger partial charge in [0.25, 0.3) is 0 Å². The summed E-state index contributed by atoms with van der Waals surface area (Å²) in [5.41, 5.74) is 7.70. The lowest BCUT2D eigenvalue weighted by atomic mass is 9.84. The van der Waals surface area contributed by atoms with Crippen LogP contribution in [0.15, 0.2) is 109 Å². The van der Waals surface area contributed by atoms with Gasteiger partial charge in [-0.3, -0.25) is 0 Å². The highest BCUT2D eigenvalue weighted by molar-refractivity contribution is 7.90. The van der Waals surface area contributed by atoms with Gasteiger partial charge < -0.3 is 4.84 Å². The Hall–Kier alpha value is -3.74. The van der Waals surface area contributed by atoms with Crippen LogP contribution in [0.25, 0.3) is 21.9 Å². The molecule has 5 nitrogen and oxygen atoms in total. The highest BCUT2D eigenvalue weighted by Crippen LogP contribution is 2.36. The van der Waals surface area contributed by atoms with Gasteiger partial charge in [-0.25, -0.2) is 13.1 Å². The van der Waals surface area contributed by atoms with Crippen LogP contribution in [0.2, 0.25) is 0 Å². The number of nitrogens with one attached hydrogen (secondary N) is 1. The summed E-state index contributed by atoms with van der Waals surface area (Å²) in [5, 5.41) is 7.01. The molecule has 6 rings (SSSR count). The van der Waals surface area contributed by atoms with Crippen molar-refractivity contribution < 1.29 is 13.3 Å². The van der Waals surface area contributed by atoms with Crippen molar-refractivity contribution in [1.82, 2.24) is 4.72 Å². The first-order valence-corrected chi connectivity index (χ1v) is 20.5. The largest absolute Gasteiger partial charge is 0.393 e. The van der Waals surface area contributed by atoms with Crippen LogP contribution >= 0.6 is 0 Å². The third-order valence-electron chi connectivity index (χ3n) is 8.98. The minimum atomic E-state index is -2.94. The molecule has 300 valence electrons. The fourth-order valence-electron chi connectivity index (χ4n) is 5.01. The summed E-state index contributed by atoms with van der Waals surface area (Å²) in [6.07, 6.45) is 4.23. The third kappa shape index (κ3) is 16.3. The summed E-state index contributed by atoms with van der Waals surface area (Å²) in [4.78, 5) is 5.43. The molecule has 0 bridgehead atoms. The highest BCUT2D eigenvalue weighted by Gasteiger charge is 2.35. The Morgan fingerprint density at radius 3 is 1.59 bits per heavy atom. The van der Waals surface area contributed by atoms with Crippen LogP contribution in [0.4, 0.5) is 0 Å². The molecule has 6 heteroatoms. The van der Waals surface area contributed by atoms with Gasteiger partial charge in [0.2, 0.25) is 10.0 Å². The first-order chi connectivity index (χ1) is 24.5. The van der Waals surface area contributed by atoms with Gasteiger partial charge in [-0.2, -0.15) is 0 Å². The summed E-state index contributed by atoms with van der Waals surface area (Å²) < 4.78 is 24.7. The number of hydrogen-bond acceptors (Lipinski definition) is 4. The summed E-state index contributed by atoms with van der Waals surface area (Å²) >= 11 is 0. The first kappa shape index (κ1) is 50.3. The van der Waals surface area contributed by atoms with Crippen LogP contribution in [0.1, 0.15) is 127 Å². The molecular weight excluding hydrogens is 685 g/mol. The van der Waals surface area contributed by atoms with Crippen molar-refractivity contribution in [2.45, 2.75) is 134 Å². The highest BCUT2D eigenvalue weighted by atomic mass is 32.2. The van der Waals surface area contributed by atoms with Crippen molar-refractivity contribution in [3.05, 3.63) is 121 Å². The van der Waals surface area contributed by atoms with Crippen LogP contribution in [-0.4, -0.2) is 31.5 Å². The Kier molecular flexibility index (Phi) is 22.3. The number of fused-ring (bicyclic) bond motifs is 4. The number of aryl methyl sites for hydroxylation is 1. The lowest BCUT2D eigenvalue weighted by Gasteiger charge is -2.22. The Bertz CT molecular complexity index is 1740. The third-order valence-corrected chi connectivity index (χ3v) is 11.1. The molecule has 1 N–H and O–H groups in total. The van der Waals surface area contributed by atoms with Crippen LogP contribution in [-0.2, 0) is 21.3 Å². The number of oxime groups is 1.